The number of aliphatic hydroxyl groups is 1. The Bertz CT molecular complexity index is 494. The number of rotatable bonds is 4. The van der Waals surface area contributed by atoms with E-state index in [-0.39, 0.29) is 11.0 Å². The van der Waals surface area contributed by atoms with Crippen molar-refractivity contribution in [3.05, 3.63) is 35.5 Å². The molecule has 1 aliphatic rings. The van der Waals surface area contributed by atoms with Crippen molar-refractivity contribution in [3.63, 3.8) is 0 Å². The van der Waals surface area contributed by atoms with Crippen molar-refractivity contribution in [2.24, 2.45) is 5.92 Å². The fourth-order valence-electron chi connectivity index (χ4n) is 2.74. The van der Waals surface area contributed by atoms with Gasteiger partial charge in [0.05, 0.1) is 12.7 Å². The molecule has 0 amide bonds. The van der Waals surface area contributed by atoms with Crippen LogP contribution in [0.3, 0.4) is 0 Å². The van der Waals surface area contributed by atoms with Gasteiger partial charge in [0.1, 0.15) is 0 Å². The lowest BCUT2D eigenvalue weighted by molar-refractivity contribution is 0.155. The minimum Gasteiger partial charge on any atom is -0.413 e. The van der Waals surface area contributed by atoms with Crippen LogP contribution in [0.2, 0.25) is 18.1 Å². The highest BCUT2D eigenvalue weighted by atomic mass is 28.4. The smallest absolute Gasteiger partial charge is 0.192 e. The van der Waals surface area contributed by atoms with E-state index in [9.17, 15) is 5.11 Å². The van der Waals surface area contributed by atoms with E-state index in [0.717, 1.165) is 31.3 Å². The monoisotopic (exact) mass is 350 g/mol. The van der Waals surface area contributed by atoms with Crippen molar-refractivity contribution in [2.75, 3.05) is 6.61 Å². The topological polar surface area (TPSA) is 29.5 Å². The summed E-state index contributed by atoms with van der Waals surface area (Å²) in [4.78, 5) is 0. The molecular weight excluding hydrogens is 312 g/mol. The first-order valence-corrected chi connectivity index (χ1v) is 12.2. The minimum absolute atomic E-state index is 0.0752. The number of hydrogen-bond acceptors (Lipinski definition) is 2. The molecule has 0 saturated heterocycles. The molecule has 0 radical (unpaired) electrons. The number of allylic oxidation sites excluding steroid dienone is 3. The average molecular weight is 351 g/mol. The molecule has 1 N–H and O–H groups in total. The van der Waals surface area contributed by atoms with Crippen LogP contribution < -0.4 is 0 Å². The van der Waals surface area contributed by atoms with Crippen molar-refractivity contribution in [1.82, 2.24) is 0 Å². The molecule has 3 heteroatoms. The lowest BCUT2D eigenvalue weighted by Crippen LogP contribution is -2.41. The van der Waals surface area contributed by atoms with E-state index < -0.39 is 14.4 Å². The quantitative estimate of drug-likeness (QED) is 0.497. The van der Waals surface area contributed by atoms with E-state index >= 15 is 0 Å². The fraction of sp³-hybridized carbons (Fsp3) is 0.714. The predicted octanol–water partition coefficient (Wildman–Crippen LogP) is 6.01. The highest BCUT2D eigenvalue weighted by Gasteiger charge is 2.37. The van der Waals surface area contributed by atoms with Gasteiger partial charge in [-0.1, -0.05) is 50.6 Å². The van der Waals surface area contributed by atoms with Gasteiger partial charge in [-0.15, -0.1) is 0 Å². The second-order valence-corrected chi connectivity index (χ2v) is 13.8. The zero-order chi connectivity index (χ0) is 18.5. The van der Waals surface area contributed by atoms with Gasteiger partial charge in [0.25, 0.3) is 0 Å². The minimum atomic E-state index is -1.79. The summed E-state index contributed by atoms with van der Waals surface area (Å²) >= 11 is 0. The Morgan fingerprint density at radius 1 is 1.25 bits per heavy atom. The molecule has 0 aromatic carbocycles. The molecule has 0 aromatic heterocycles. The maximum atomic E-state index is 10.7. The van der Waals surface area contributed by atoms with Crippen LogP contribution in [0.5, 0.6) is 0 Å². The van der Waals surface area contributed by atoms with Gasteiger partial charge in [0.2, 0.25) is 0 Å². The first kappa shape index (κ1) is 21.4. The molecule has 0 bridgehead atoms. The molecule has 2 nitrogen and oxygen atoms in total. The third kappa shape index (κ3) is 6.34. The van der Waals surface area contributed by atoms with Crippen LogP contribution in [0.25, 0.3) is 0 Å². The van der Waals surface area contributed by atoms with Crippen LogP contribution >= 0.6 is 0 Å². The van der Waals surface area contributed by atoms with Crippen LogP contribution in [0.1, 0.15) is 60.3 Å². The van der Waals surface area contributed by atoms with E-state index in [1.165, 1.54) is 11.1 Å². The van der Waals surface area contributed by atoms with E-state index in [4.69, 9.17) is 4.43 Å². The van der Waals surface area contributed by atoms with Crippen molar-refractivity contribution in [2.45, 2.75) is 84.5 Å². The van der Waals surface area contributed by atoms with Crippen molar-refractivity contribution in [1.29, 1.82) is 0 Å². The molecule has 2 atom stereocenters. The third-order valence-corrected chi connectivity index (χ3v) is 10.2. The maximum Gasteiger partial charge on any atom is 0.192 e. The second-order valence-electron chi connectivity index (χ2n) is 8.95. The molecule has 0 aromatic rings. The Morgan fingerprint density at radius 3 is 2.46 bits per heavy atom. The molecule has 24 heavy (non-hydrogen) atoms. The Kier molecular flexibility index (Phi) is 7.70. The summed E-state index contributed by atoms with van der Waals surface area (Å²) in [5.41, 5.74) is 3.71. The zero-order valence-corrected chi connectivity index (χ0v) is 17.9. The van der Waals surface area contributed by atoms with Crippen molar-refractivity contribution < 1.29 is 9.53 Å². The Morgan fingerprint density at radius 2 is 1.88 bits per heavy atom. The van der Waals surface area contributed by atoms with Crippen molar-refractivity contribution in [3.8, 4) is 0 Å². The summed E-state index contributed by atoms with van der Waals surface area (Å²) in [6.45, 7) is 20.4. The Balaban J connectivity index is 2.83. The lowest BCUT2D eigenvalue weighted by Gasteiger charge is -2.37. The lowest BCUT2D eigenvalue weighted by atomic mass is 9.86. The predicted molar refractivity (Wildman–Crippen MR) is 108 cm³/mol. The standard InChI is InChI=1S/C21H38O2Si/c1-16-10-9-11-17(2)14-20(22)19(13-12-16)18(3)15-23-24(7,8)21(4,5)6/h10,14,19-20,22H,3,9,11-13,15H2,1-2,4-8H3/b16-10+,17-14+/t19-,20-/m0/s1. The maximum absolute atomic E-state index is 10.7. The average Bonchev–Trinajstić information content (AvgIpc) is 2.43. The molecule has 1 rings (SSSR count). The molecule has 138 valence electrons. The molecule has 0 aliphatic heterocycles. The third-order valence-electron chi connectivity index (χ3n) is 5.70. The zero-order valence-electron chi connectivity index (χ0n) is 16.9. The number of hydrogen-bond donors (Lipinski definition) is 1. The second kappa shape index (κ2) is 8.64. The number of aliphatic hydroxyl groups excluding tert-OH is 1. The normalized spacial score (nSPS) is 28.5. The molecular formula is C21H38O2Si. The highest BCUT2D eigenvalue weighted by molar-refractivity contribution is 6.74. The largest absolute Gasteiger partial charge is 0.413 e. The summed E-state index contributed by atoms with van der Waals surface area (Å²) in [7, 11) is -1.79. The van der Waals surface area contributed by atoms with Gasteiger partial charge < -0.3 is 9.53 Å². The van der Waals surface area contributed by atoms with Crippen LogP contribution in [-0.2, 0) is 4.43 Å². The molecule has 0 spiro atoms. The van der Waals surface area contributed by atoms with E-state index in [1.807, 2.05) is 6.08 Å². The van der Waals surface area contributed by atoms with E-state index in [1.54, 1.807) is 0 Å². The van der Waals surface area contributed by atoms with Gasteiger partial charge in [-0.05, 0) is 63.2 Å². The van der Waals surface area contributed by atoms with Gasteiger partial charge in [-0.25, -0.2) is 0 Å². The van der Waals surface area contributed by atoms with Crippen LogP contribution in [0.15, 0.2) is 35.5 Å². The van der Waals surface area contributed by atoms with E-state index in [2.05, 4.69) is 60.4 Å². The summed E-state index contributed by atoms with van der Waals surface area (Å²) in [6, 6.07) is 0. The fourth-order valence-corrected chi connectivity index (χ4v) is 3.71. The highest BCUT2D eigenvalue weighted by Crippen LogP contribution is 2.37. The molecule has 0 unspecified atom stereocenters. The summed E-state index contributed by atoms with van der Waals surface area (Å²) < 4.78 is 6.33. The summed E-state index contributed by atoms with van der Waals surface area (Å²) in [5.74, 6) is 0.0752. The first-order chi connectivity index (χ1) is 10.9. The molecule has 0 fully saturated rings. The van der Waals surface area contributed by atoms with E-state index in [0.29, 0.717) is 6.61 Å². The van der Waals surface area contributed by atoms with Gasteiger partial charge in [-0.2, -0.15) is 0 Å². The van der Waals surface area contributed by atoms with Crippen molar-refractivity contribution >= 4 is 8.32 Å². The van der Waals surface area contributed by atoms with Crippen LogP contribution in [-0.4, -0.2) is 26.1 Å². The Labute approximate surface area is 150 Å². The van der Waals surface area contributed by atoms with Gasteiger partial charge >= 0.3 is 0 Å². The Hall–Kier alpha value is -0.643. The molecule has 0 saturated carbocycles. The first-order valence-electron chi connectivity index (χ1n) is 9.26. The van der Waals surface area contributed by atoms with Gasteiger partial charge in [0.15, 0.2) is 8.32 Å². The SMILES string of the molecule is C=C(CO[Si](C)(C)C(C)(C)C)[C@@H]1CC/C(C)=C/CC/C(C)=C/[C@@H]1O. The van der Waals surface area contributed by atoms with Crippen LogP contribution in [0.4, 0.5) is 0 Å². The molecule has 0 heterocycles. The summed E-state index contributed by atoms with van der Waals surface area (Å²) in [5, 5.41) is 10.9. The summed E-state index contributed by atoms with van der Waals surface area (Å²) in [6.07, 6.45) is 7.96. The van der Waals surface area contributed by atoms with Crippen LogP contribution in [0, 0.1) is 5.92 Å². The van der Waals surface area contributed by atoms with Gasteiger partial charge in [-0.3, -0.25) is 0 Å². The van der Waals surface area contributed by atoms with Gasteiger partial charge in [0, 0.05) is 5.92 Å². The molecule has 1 aliphatic carbocycles.